The number of H-pyrrole nitrogens is 1. The summed E-state index contributed by atoms with van der Waals surface area (Å²) in [5, 5.41) is 8.85. The van der Waals surface area contributed by atoms with E-state index in [1.165, 1.54) is 6.92 Å². The summed E-state index contributed by atoms with van der Waals surface area (Å²) in [6, 6.07) is 5.60. The average Bonchev–Trinajstić information content (AvgIpc) is 3.17. The predicted octanol–water partition coefficient (Wildman–Crippen LogP) is 3.24. The van der Waals surface area contributed by atoms with E-state index in [9.17, 15) is 9.59 Å². The molecule has 24 heavy (non-hydrogen) atoms. The van der Waals surface area contributed by atoms with Gasteiger partial charge in [0.1, 0.15) is 11.5 Å². The fourth-order valence-electron chi connectivity index (χ4n) is 2.88. The Labute approximate surface area is 141 Å². The topological polar surface area (TPSA) is 90.1 Å². The monoisotopic (exact) mass is 327 g/mol. The molecule has 0 aliphatic carbocycles. The first-order valence-corrected chi connectivity index (χ1v) is 7.90. The maximum Gasteiger partial charge on any atom is 0.271 e. The summed E-state index contributed by atoms with van der Waals surface area (Å²) in [5.41, 5.74) is 2.43. The number of furan rings is 1. The molecule has 6 nitrogen and oxygen atoms in total. The predicted molar refractivity (Wildman–Crippen MR) is 88.6 cm³/mol. The van der Waals surface area contributed by atoms with Gasteiger partial charge in [-0.15, -0.1) is 0 Å². The number of aromatic nitrogens is 1. The summed E-state index contributed by atoms with van der Waals surface area (Å²) < 4.78 is 5.31. The van der Waals surface area contributed by atoms with Crippen LogP contribution >= 0.6 is 0 Å². The van der Waals surface area contributed by atoms with Gasteiger partial charge < -0.3 is 14.3 Å². The lowest BCUT2D eigenvalue weighted by Crippen LogP contribution is -2.32. The standard InChI is InChI=1S/C18H21N3O3/c1-4-15-16(13(3)22)12(2)20-17(15)18(23)21(9-6-8-19)11-14-7-5-10-24-14/h5,7,10,20H,4,6,9,11H2,1-3H3. The van der Waals surface area contributed by atoms with Crippen LogP contribution in [0.1, 0.15) is 58.1 Å². The Morgan fingerprint density at radius 1 is 1.42 bits per heavy atom. The lowest BCUT2D eigenvalue weighted by molar-refractivity contribution is 0.0729. The van der Waals surface area contributed by atoms with Crippen LogP contribution in [-0.2, 0) is 13.0 Å². The molecule has 2 aromatic rings. The molecule has 2 rings (SSSR count). The summed E-state index contributed by atoms with van der Waals surface area (Å²) in [7, 11) is 0. The number of amides is 1. The molecule has 0 aromatic carbocycles. The second-order valence-electron chi connectivity index (χ2n) is 5.60. The molecule has 0 unspecified atom stereocenters. The number of hydrogen-bond donors (Lipinski definition) is 1. The van der Waals surface area contributed by atoms with E-state index >= 15 is 0 Å². The molecule has 1 amide bonds. The first-order valence-electron chi connectivity index (χ1n) is 7.90. The Morgan fingerprint density at radius 3 is 2.71 bits per heavy atom. The van der Waals surface area contributed by atoms with Crippen molar-refractivity contribution in [1.29, 1.82) is 5.26 Å². The zero-order valence-electron chi connectivity index (χ0n) is 14.2. The Morgan fingerprint density at radius 2 is 2.17 bits per heavy atom. The van der Waals surface area contributed by atoms with Gasteiger partial charge in [-0.2, -0.15) is 5.26 Å². The van der Waals surface area contributed by atoms with Gasteiger partial charge in [-0.05, 0) is 38.0 Å². The number of carbonyl (C=O) groups excluding carboxylic acids is 2. The number of Topliss-reactive ketones (excluding diaryl/α,β-unsaturated/α-hetero) is 1. The number of ketones is 1. The van der Waals surface area contributed by atoms with Crippen LogP contribution in [0.15, 0.2) is 22.8 Å². The molecular formula is C18H21N3O3. The van der Waals surface area contributed by atoms with Gasteiger partial charge in [-0.1, -0.05) is 6.92 Å². The summed E-state index contributed by atoms with van der Waals surface area (Å²) in [6.45, 7) is 5.79. The molecule has 0 saturated heterocycles. The van der Waals surface area contributed by atoms with Crippen LogP contribution in [0.5, 0.6) is 0 Å². The third kappa shape index (κ3) is 3.57. The molecular weight excluding hydrogens is 306 g/mol. The fraction of sp³-hybridized carbons (Fsp3) is 0.389. The van der Waals surface area contributed by atoms with Gasteiger partial charge >= 0.3 is 0 Å². The van der Waals surface area contributed by atoms with Crippen molar-refractivity contribution in [1.82, 2.24) is 9.88 Å². The van der Waals surface area contributed by atoms with Gasteiger partial charge in [-0.25, -0.2) is 0 Å². The highest BCUT2D eigenvalue weighted by Gasteiger charge is 2.25. The van der Waals surface area contributed by atoms with Crippen LogP contribution in [0.2, 0.25) is 0 Å². The van der Waals surface area contributed by atoms with Crippen LogP contribution in [0.4, 0.5) is 0 Å². The van der Waals surface area contributed by atoms with E-state index in [1.54, 1.807) is 30.2 Å². The van der Waals surface area contributed by atoms with Crippen molar-refractivity contribution in [3.05, 3.63) is 46.7 Å². The third-order valence-corrected chi connectivity index (χ3v) is 3.92. The van der Waals surface area contributed by atoms with E-state index in [0.29, 0.717) is 35.7 Å². The molecule has 2 heterocycles. The Bertz CT molecular complexity index is 766. The number of nitrogens with one attached hydrogen (secondary N) is 1. The fourth-order valence-corrected chi connectivity index (χ4v) is 2.88. The molecule has 0 aliphatic heterocycles. The minimum Gasteiger partial charge on any atom is -0.467 e. The number of nitrogens with zero attached hydrogens (tertiary/aromatic N) is 2. The first-order chi connectivity index (χ1) is 11.5. The lowest BCUT2D eigenvalue weighted by Gasteiger charge is -2.20. The SMILES string of the molecule is CCc1c(C(=O)N(CCC#N)Cc2ccco2)[nH]c(C)c1C(C)=O. The van der Waals surface area contributed by atoms with Crippen LogP contribution in [0.3, 0.4) is 0 Å². The molecule has 0 atom stereocenters. The van der Waals surface area contributed by atoms with Crippen LogP contribution < -0.4 is 0 Å². The number of carbonyl (C=O) groups is 2. The third-order valence-electron chi connectivity index (χ3n) is 3.92. The van der Waals surface area contributed by atoms with E-state index in [-0.39, 0.29) is 24.7 Å². The quantitative estimate of drug-likeness (QED) is 0.790. The zero-order valence-corrected chi connectivity index (χ0v) is 14.2. The van der Waals surface area contributed by atoms with Crippen LogP contribution in [-0.4, -0.2) is 28.1 Å². The van der Waals surface area contributed by atoms with Crippen molar-refractivity contribution < 1.29 is 14.0 Å². The van der Waals surface area contributed by atoms with E-state index in [0.717, 1.165) is 5.56 Å². The molecule has 0 radical (unpaired) electrons. The number of aryl methyl sites for hydroxylation is 1. The molecule has 126 valence electrons. The van der Waals surface area contributed by atoms with Gasteiger partial charge in [-0.3, -0.25) is 9.59 Å². The van der Waals surface area contributed by atoms with Gasteiger partial charge in [0.2, 0.25) is 0 Å². The van der Waals surface area contributed by atoms with Crippen molar-refractivity contribution in [2.75, 3.05) is 6.54 Å². The maximum absolute atomic E-state index is 13.0. The number of hydrogen-bond acceptors (Lipinski definition) is 4. The lowest BCUT2D eigenvalue weighted by atomic mass is 10.0. The summed E-state index contributed by atoms with van der Waals surface area (Å²) in [4.78, 5) is 29.5. The number of rotatable bonds is 7. The molecule has 1 N–H and O–H groups in total. The van der Waals surface area contributed by atoms with Crippen LogP contribution in [0.25, 0.3) is 0 Å². The van der Waals surface area contributed by atoms with Crippen molar-refractivity contribution in [2.24, 2.45) is 0 Å². The number of nitriles is 1. The molecule has 2 aromatic heterocycles. The van der Waals surface area contributed by atoms with Crippen LogP contribution in [0, 0.1) is 18.3 Å². The normalized spacial score (nSPS) is 10.4. The molecule has 0 saturated carbocycles. The first kappa shape index (κ1) is 17.5. The highest BCUT2D eigenvalue weighted by Crippen LogP contribution is 2.22. The maximum atomic E-state index is 13.0. The average molecular weight is 327 g/mol. The van der Waals surface area contributed by atoms with E-state index in [4.69, 9.17) is 9.68 Å². The highest BCUT2D eigenvalue weighted by molar-refractivity contribution is 6.02. The second-order valence-corrected chi connectivity index (χ2v) is 5.60. The minimum absolute atomic E-state index is 0.0609. The van der Waals surface area contributed by atoms with Crippen molar-refractivity contribution in [3.63, 3.8) is 0 Å². The molecule has 0 spiro atoms. The van der Waals surface area contributed by atoms with Gasteiger partial charge in [0.05, 0.1) is 25.3 Å². The van der Waals surface area contributed by atoms with Crippen molar-refractivity contribution in [2.45, 2.75) is 40.2 Å². The summed E-state index contributed by atoms with van der Waals surface area (Å²) >= 11 is 0. The van der Waals surface area contributed by atoms with E-state index in [2.05, 4.69) is 11.1 Å². The summed E-state index contributed by atoms with van der Waals surface area (Å²) in [6.07, 6.45) is 2.35. The zero-order chi connectivity index (χ0) is 17.7. The Kier molecular flexibility index (Phi) is 5.59. The summed E-state index contributed by atoms with van der Waals surface area (Å²) in [5.74, 6) is 0.359. The van der Waals surface area contributed by atoms with E-state index < -0.39 is 0 Å². The highest BCUT2D eigenvalue weighted by atomic mass is 16.3. The van der Waals surface area contributed by atoms with Gasteiger partial charge in [0, 0.05) is 17.8 Å². The largest absolute Gasteiger partial charge is 0.467 e. The van der Waals surface area contributed by atoms with E-state index in [1.807, 2.05) is 6.92 Å². The minimum atomic E-state index is -0.228. The Hall–Kier alpha value is -2.81. The Balaban J connectivity index is 2.37. The van der Waals surface area contributed by atoms with Crippen molar-refractivity contribution in [3.8, 4) is 6.07 Å². The molecule has 0 aliphatic rings. The van der Waals surface area contributed by atoms with Gasteiger partial charge in [0.25, 0.3) is 5.91 Å². The molecule has 0 bridgehead atoms. The number of aromatic amines is 1. The van der Waals surface area contributed by atoms with Crippen molar-refractivity contribution >= 4 is 11.7 Å². The molecule has 6 heteroatoms. The molecule has 0 fully saturated rings. The second kappa shape index (κ2) is 7.64. The van der Waals surface area contributed by atoms with Gasteiger partial charge in [0.15, 0.2) is 5.78 Å². The smallest absolute Gasteiger partial charge is 0.271 e.